The van der Waals surface area contributed by atoms with Crippen LogP contribution in [0.5, 0.6) is 0 Å². The van der Waals surface area contributed by atoms with Crippen LogP contribution in [-0.4, -0.2) is 35.9 Å². The van der Waals surface area contributed by atoms with Gasteiger partial charge in [-0.25, -0.2) is 4.98 Å². The van der Waals surface area contributed by atoms with Crippen LogP contribution >= 0.6 is 11.8 Å². The molecule has 2 rings (SSSR count). The molecule has 6 nitrogen and oxygen atoms in total. The summed E-state index contributed by atoms with van der Waals surface area (Å²) < 4.78 is 1.75. The van der Waals surface area contributed by atoms with Gasteiger partial charge >= 0.3 is 5.97 Å². The van der Waals surface area contributed by atoms with E-state index in [1.54, 1.807) is 23.1 Å². The second kappa shape index (κ2) is 4.48. The van der Waals surface area contributed by atoms with E-state index >= 15 is 0 Å². The summed E-state index contributed by atoms with van der Waals surface area (Å²) in [7, 11) is 0. The molecule has 2 aromatic heterocycles. The van der Waals surface area contributed by atoms with Crippen LogP contribution < -0.4 is 0 Å². The van der Waals surface area contributed by atoms with Gasteiger partial charge in [0, 0.05) is 17.6 Å². The van der Waals surface area contributed by atoms with Gasteiger partial charge in [-0.05, 0) is 0 Å². The van der Waals surface area contributed by atoms with E-state index in [1.807, 2.05) is 6.92 Å². The Labute approximate surface area is 95.7 Å². The van der Waals surface area contributed by atoms with Crippen molar-refractivity contribution in [2.24, 2.45) is 0 Å². The highest BCUT2D eigenvalue weighted by atomic mass is 32.2. The third kappa shape index (κ3) is 2.30. The molecule has 0 spiro atoms. The molecule has 0 saturated heterocycles. The smallest absolute Gasteiger partial charge is 0.304 e. The molecule has 0 saturated carbocycles. The lowest BCUT2D eigenvalue weighted by Crippen LogP contribution is -2.06. The molecule has 0 aromatic carbocycles. The Morgan fingerprint density at radius 3 is 3.25 bits per heavy atom. The monoisotopic (exact) mass is 238 g/mol. The lowest BCUT2D eigenvalue weighted by molar-refractivity contribution is -0.136. The van der Waals surface area contributed by atoms with Gasteiger partial charge < -0.3 is 5.11 Å². The molecule has 0 radical (unpaired) electrons. The van der Waals surface area contributed by atoms with E-state index in [-0.39, 0.29) is 11.7 Å². The van der Waals surface area contributed by atoms with Crippen molar-refractivity contribution >= 4 is 23.4 Å². The van der Waals surface area contributed by atoms with Crippen molar-refractivity contribution < 1.29 is 9.90 Å². The topological polar surface area (TPSA) is 80.4 Å². The van der Waals surface area contributed by atoms with Gasteiger partial charge in [-0.2, -0.15) is 0 Å². The number of hydrogen-bond acceptors (Lipinski definition) is 5. The lowest BCUT2D eigenvalue weighted by Gasteiger charge is -2.07. The Hall–Kier alpha value is -1.63. The van der Waals surface area contributed by atoms with Gasteiger partial charge in [0.25, 0.3) is 0 Å². The van der Waals surface area contributed by atoms with E-state index in [9.17, 15) is 4.79 Å². The van der Waals surface area contributed by atoms with Gasteiger partial charge in [0.2, 0.25) is 0 Å². The summed E-state index contributed by atoms with van der Waals surface area (Å²) in [6.45, 7) is 1.85. The first kappa shape index (κ1) is 10.9. The molecule has 7 heteroatoms. The molecule has 0 amide bonds. The van der Waals surface area contributed by atoms with Crippen LogP contribution in [0.1, 0.15) is 13.3 Å². The Morgan fingerprint density at radius 1 is 1.69 bits per heavy atom. The zero-order valence-electron chi connectivity index (χ0n) is 8.57. The van der Waals surface area contributed by atoms with Gasteiger partial charge in [0.1, 0.15) is 11.4 Å². The first-order chi connectivity index (χ1) is 7.66. The predicted molar refractivity (Wildman–Crippen MR) is 58.4 cm³/mol. The van der Waals surface area contributed by atoms with Crippen LogP contribution in [-0.2, 0) is 4.79 Å². The number of carbonyl (C=O) groups is 1. The number of fused-ring (bicyclic) bond motifs is 1. The summed E-state index contributed by atoms with van der Waals surface area (Å²) in [6.07, 6.45) is 5.08. The number of nitrogens with zero attached hydrogens (tertiary/aromatic N) is 4. The average molecular weight is 238 g/mol. The molecule has 16 heavy (non-hydrogen) atoms. The second-order valence-corrected chi connectivity index (χ2v) is 4.75. The highest BCUT2D eigenvalue weighted by Gasteiger charge is 2.13. The molecule has 84 valence electrons. The van der Waals surface area contributed by atoms with Gasteiger partial charge in [-0.1, -0.05) is 18.7 Å². The van der Waals surface area contributed by atoms with Crippen molar-refractivity contribution in [2.75, 3.05) is 0 Å². The van der Waals surface area contributed by atoms with Gasteiger partial charge in [0.05, 0.1) is 6.42 Å². The Bertz CT molecular complexity index is 513. The molecule has 1 N–H and O–H groups in total. The van der Waals surface area contributed by atoms with Crippen molar-refractivity contribution in [1.82, 2.24) is 19.6 Å². The zero-order chi connectivity index (χ0) is 11.5. The summed E-state index contributed by atoms with van der Waals surface area (Å²) in [4.78, 5) is 14.7. The molecule has 1 atom stereocenters. The third-order valence-corrected chi connectivity index (χ3v) is 3.04. The Kier molecular flexibility index (Phi) is 3.04. The van der Waals surface area contributed by atoms with Crippen molar-refractivity contribution in [3.63, 3.8) is 0 Å². The van der Waals surface area contributed by atoms with Crippen LogP contribution in [0.2, 0.25) is 0 Å². The van der Waals surface area contributed by atoms with E-state index in [4.69, 9.17) is 5.11 Å². The van der Waals surface area contributed by atoms with Crippen LogP contribution in [0.4, 0.5) is 0 Å². The molecule has 2 aromatic rings. The maximum absolute atomic E-state index is 10.5. The first-order valence-electron chi connectivity index (χ1n) is 4.69. The Morgan fingerprint density at radius 2 is 2.50 bits per heavy atom. The number of carboxylic acids is 1. The largest absolute Gasteiger partial charge is 0.481 e. The minimum Gasteiger partial charge on any atom is -0.481 e. The molecule has 0 fully saturated rings. The van der Waals surface area contributed by atoms with E-state index in [0.717, 1.165) is 0 Å². The maximum Gasteiger partial charge on any atom is 0.304 e. The van der Waals surface area contributed by atoms with Crippen molar-refractivity contribution in [3.8, 4) is 0 Å². The van der Waals surface area contributed by atoms with Crippen LogP contribution in [0.25, 0.3) is 5.65 Å². The summed E-state index contributed by atoms with van der Waals surface area (Å²) in [5.74, 6) is -0.812. The molecule has 0 bridgehead atoms. The van der Waals surface area contributed by atoms with Crippen LogP contribution in [0, 0.1) is 0 Å². The first-order valence-corrected chi connectivity index (χ1v) is 5.57. The molecular weight excluding hydrogens is 228 g/mol. The van der Waals surface area contributed by atoms with Crippen molar-refractivity contribution in [1.29, 1.82) is 0 Å². The number of thioether (sulfide) groups is 1. The minimum absolute atomic E-state index is 0.0482. The second-order valence-electron chi connectivity index (χ2n) is 3.32. The molecule has 0 aliphatic carbocycles. The summed E-state index contributed by atoms with van der Waals surface area (Å²) in [5.41, 5.74) is 0.657. The Balaban J connectivity index is 2.20. The molecule has 2 heterocycles. The fourth-order valence-corrected chi connectivity index (χ4v) is 2.28. The summed E-state index contributed by atoms with van der Waals surface area (Å²) in [6, 6.07) is 0. The number of hydrogen-bond donors (Lipinski definition) is 1. The standard InChI is InChI=1S/C9H10N4O2S/c1-6(4-7(14)15)16-9-8-12-11-5-13(8)3-2-10-9/h2-3,5-6H,4H2,1H3,(H,14,15). The van der Waals surface area contributed by atoms with E-state index in [1.165, 1.54) is 11.8 Å². The minimum atomic E-state index is -0.812. The fraction of sp³-hybridized carbons (Fsp3) is 0.333. The number of carboxylic acid groups (broad SMARTS) is 1. The molecular formula is C9H10N4O2S. The quantitative estimate of drug-likeness (QED) is 0.803. The highest BCUT2D eigenvalue weighted by Crippen LogP contribution is 2.25. The SMILES string of the molecule is CC(CC(=O)O)Sc1nccn2cnnc12. The number of rotatable bonds is 4. The van der Waals surface area contributed by atoms with Gasteiger partial charge in [0.15, 0.2) is 5.65 Å². The fourth-order valence-electron chi connectivity index (χ4n) is 1.30. The van der Waals surface area contributed by atoms with Gasteiger partial charge in [-0.15, -0.1) is 10.2 Å². The maximum atomic E-state index is 10.5. The normalized spacial score (nSPS) is 12.8. The molecule has 0 aliphatic heterocycles. The highest BCUT2D eigenvalue weighted by molar-refractivity contribution is 8.00. The van der Waals surface area contributed by atoms with E-state index in [0.29, 0.717) is 10.7 Å². The van der Waals surface area contributed by atoms with Gasteiger partial charge in [-0.3, -0.25) is 9.20 Å². The molecule has 0 aliphatic rings. The number of aromatic nitrogens is 4. The summed E-state index contributed by atoms with van der Waals surface area (Å²) in [5, 5.41) is 17.0. The van der Waals surface area contributed by atoms with Crippen molar-refractivity contribution in [3.05, 3.63) is 18.7 Å². The average Bonchev–Trinajstić information content (AvgIpc) is 2.65. The lowest BCUT2D eigenvalue weighted by atomic mass is 10.3. The third-order valence-electron chi connectivity index (χ3n) is 1.96. The van der Waals surface area contributed by atoms with Crippen molar-refractivity contribution in [2.45, 2.75) is 23.6 Å². The summed E-state index contributed by atoms with van der Waals surface area (Å²) >= 11 is 1.39. The molecule has 1 unspecified atom stereocenters. The van der Waals surface area contributed by atoms with E-state index < -0.39 is 5.97 Å². The van der Waals surface area contributed by atoms with Crippen LogP contribution in [0.3, 0.4) is 0 Å². The van der Waals surface area contributed by atoms with E-state index in [2.05, 4.69) is 15.2 Å². The predicted octanol–water partition coefficient (Wildman–Crippen LogP) is 1.08. The number of aliphatic carboxylic acids is 1. The zero-order valence-corrected chi connectivity index (χ0v) is 9.39. The van der Waals surface area contributed by atoms with Crippen LogP contribution in [0.15, 0.2) is 23.7 Å².